The SMILES string of the molecule is Nc1c[c]ccc1CC(=O)O. The van der Waals surface area contributed by atoms with Gasteiger partial charge in [0.1, 0.15) is 0 Å². The molecule has 0 heterocycles. The lowest BCUT2D eigenvalue weighted by Gasteiger charge is -1.99. The van der Waals surface area contributed by atoms with E-state index in [9.17, 15) is 4.79 Å². The van der Waals surface area contributed by atoms with E-state index in [1.807, 2.05) is 0 Å². The van der Waals surface area contributed by atoms with E-state index < -0.39 is 5.97 Å². The van der Waals surface area contributed by atoms with Gasteiger partial charge in [0.25, 0.3) is 0 Å². The number of carboxylic acids is 1. The van der Waals surface area contributed by atoms with Crippen molar-refractivity contribution in [2.45, 2.75) is 6.42 Å². The number of hydrogen-bond acceptors (Lipinski definition) is 2. The minimum atomic E-state index is -0.872. The normalized spacial score (nSPS) is 9.45. The van der Waals surface area contributed by atoms with Crippen LogP contribution < -0.4 is 5.73 Å². The summed E-state index contributed by atoms with van der Waals surface area (Å²) in [6, 6.07) is 7.63. The predicted molar refractivity (Wildman–Crippen MR) is 41.0 cm³/mol. The van der Waals surface area contributed by atoms with Crippen molar-refractivity contribution in [2.75, 3.05) is 5.73 Å². The molecule has 1 radical (unpaired) electrons. The zero-order valence-corrected chi connectivity index (χ0v) is 5.87. The Morgan fingerprint density at radius 2 is 2.45 bits per heavy atom. The van der Waals surface area contributed by atoms with Gasteiger partial charge in [0.15, 0.2) is 0 Å². The van der Waals surface area contributed by atoms with Gasteiger partial charge in [-0.15, -0.1) is 0 Å². The molecule has 0 amide bonds. The van der Waals surface area contributed by atoms with Crippen molar-refractivity contribution >= 4 is 11.7 Å². The summed E-state index contributed by atoms with van der Waals surface area (Å²) in [5, 5.41) is 8.43. The molecule has 11 heavy (non-hydrogen) atoms. The molecule has 0 aromatic heterocycles. The van der Waals surface area contributed by atoms with Crippen LogP contribution in [0.4, 0.5) is 5.69 Å². The highest BCUT2D eigenvalue weighted by Crippen LogP contribution is 2.09. The molecule has 0 atom stereocenters. The highest BCUT2D eigenvalue weighted by atomic mass is 16.4. The Morgan fingerprint density at radius 3 is 3.00 bits per heavy atom. The first-order chi connectivity index (χ1) is 5.20. The average Bonchev–Trinajstić information content (AvgIpc) is 1.93. The molecule has 0 saturated carbocycles. The monoisotopic (exact) mass is 150 g/mol. The Bertz CT molecular complexity index is 271. The van der Waals surface area contributed by atoms with Gasteiger partial charge in [-0.25, -0.2) is 0 Å². The number of rotatable bonds is 2. The fraction of sp³-hybridized carbons (Fsp3) is 0.125. The molecule has 0 bridgehead atoms. The van der Waals surface area contributed by atoms with Gasteiger partial charge in [0, 0.05) is 5.69 Å². The largest absolute Gasteiger partial charge is 0.481 e. The second-order valence-electron chi connectivity index (χ2n) is 2.20. The van der Waals surface area contributed by atoms with Crippen molar-refractivity contribution < 1.29 is 9.90 Å². The van der Waals surface area contributed by atoms with Gasteiger partial charge in [-0.3, -0.25) is 4.79 Å². The van der Waals surface area contributed by atoms with Gasteiger partial charge >= 0.3 is 5.97 Å². The highest BCUT2D eigenvalue weighted by molar-refractivity contribution is 5.72. The molecular weight excluding hydrogens is 142 g/mol. The fourth-order valence-corrected chi connectivity index (χ4v) is 0.799. The molecule has 0 spiro atoms. The summed E-state index contributed by atoms with van der Waals surface area (Å²) in [6.45, 7) is 0. The van der Waals surface area contributed by atoms with E-state index in [1.54, 1.807) is 18.2 Å². The number of carbonyl (C=O) groups is 1. The number of carboxylic acid groups (broad SMARTS) is 1. The first-order valence-electron chi connectivity index (χ1n) is 3.16. The Labute approximate surface area is 64.5 Å². The van der Waals surface area contributed by atoms with Gasteiger partial charge in [0.2, 0.25) is 0 Å². The number of nitrogens with two attached hydrogens (primary N) is 1. The van der Waals surface area contributed by atoms with E-state index in [1.165, 1.54) is 0 Å². The quantitative estimate of drug-likeness (QED) is 0.610. The Kier molecular flexibility index (Phi) is 2.11. The third kappa shape index (κ3) is 1.97. The molecule has 57 valence electrons. The van der Waals surface area contributed by atoms with E-state index in [0.717, 1.165) is 0 Å². The molecule has 0 unspecified atom stereocenters. The summed E-state index contributed by atoms with van der Waals surface area (Å²) in [5.74, 6) is -0.872. The van der Waals surface area contributed by atoms with Crippen LogP contribution in [0.3, 0.4) is 0 Å². The van der Waals surface area contributed by atoms with Crippen molar-refractivity contribution in [3.05, 3.63) is 29.8 Å². The lowest BCUT2D eigenvalue weighted by Crippen LogP contribution is -2.02. The Balaban J connectivity index is 2.86. The maximum absolute atomic E-state index is 10.3. The van der Waals surface area contributed by atoms with Crippen LogP contribution in [-0.4, -0.2) is 11.1 Å². The van der Waals surface area contributed by atoms with E-state index in [-0.39, 0.29) is 6.42 Å². The minimum absolute atomic E-state index is 0.0273. The highest BCUT2D eigenvalue weighted by Gasteiger charge is 2.02. The Morgan fingerprint density at radius 1 is 1.73 bits per heavy atom. The second kappa shape index (κ2) is 3.05. The molecule has 0 aliphatic carbocycles. The van der Waals surface area contributed by atoms with Crippen LogP contribution in [0, 0.1) is 6.07 Å². The van der Waals surface area contributed by atoms with Gasteiger partial charge in [-0.2, -0.15) is 0 Å². The van der Waals surface area contributed by atoms with Crippen molar-refractivity contribution in [3.63, 3.8) is 0 Å². The van der Waals surface area contributed by atoms with Crippen molar-refractivity contribution in [2.24, 2.45) is 0 Å². The van der Waals surface area contributed by atoms with E-state index in [4.69, 9.17) is 10.8 Å². The van der Waals surface area contributed by atoms with Gasteiger partial charge in [0.05, 0.1) is 6.42 Å². The molecular formula is C8H8NO2. The topological polar surface area (TPSA) is 63.3 Å². The van der Waals surface area contributed by atoms with Crippen LogP contribution >= 0.6 is 0 Å². The van der Waals surface area contributed by atoms with Crippen molar-refractivity contribution in [1.29, 1.82) is 0 Å². The minimum Gasteiger partial charge on any atom is -0.481 e. The van der Waals surface area contributed by atoms with Crippen LogP contribution in [0.1, 0.15) is 5.56 Å². The lowest BCUT2D eigenvalue weighted by atomic mass is 10.1. The number of hydrogen-bond donors (Lipinski definition) is 2. The summed E-state index contributed by atoms with van der Waals surface area (Å²) < 4.78 is 0. The van der Waals surface area contributed by atoms with E-state index in [0.29, 0.717) is 11.3 Å². The summed E-state index contributed by atoms with van der Waals surface area (Å²) in [5.41, 5.74) is 6.59. The molecule has 0 saturated heterocycles. The predicted octanol–water partition coefficient (Wildman–Crippen LogP) is 0.696. The van der Waals surface area contributed by atoms with Crippen LogP contribution in [0.25, 0.3) is 0 Å². The number of aliphatic carboxylic acids is 1. The Hall–Kier alpha value is -1.51. The fourth-order valence-electron chi connectivity index (χ4n) is 0.799. The zero-order valence-electron chi connectivity index (χ0n) is 5.87. The molecule has 1 aromatic rings. The number of benzene rings is 1. The van der Waals surface area contributed by atoms with E-state index >= 15 is 0 Å². The van der Waals surface area contributed by atoms with Crippen LogP contribution in [0.5, 0.6) is 0 Å². The van der Waals surface area contributed by atoms with Crippen LogP contribution in [0.2, 0.25) is 0 Å². The van der Waals surface area contributed by atoms with Gasteiger partial charge < -0.3 is 10.8 Å². The first kappa shape index (κ1) is 7.60. The van der Waals surface area contributed by atoms with Crippen molar-refractivity contribution in [1.82, 2.24) is 0 Å². The summed E-state index contributed by atoms with van der Waals surface area (Å²) in [4.78, 5) is 10.3. The zero-order chi connectivity index (χ0) is 8.27. The third-order valence-electron chi connectivity index (χ3n) is 1.33. The molecule has 3 heteroatoms. The van der Waals surface area contributed by atoms with Gasteiger partial charge in [-0.05, 0) is 17.7 Å². The molecule has 1 rings (SSSR count). The smallest absolute Gasteiger partial charge is 0.307 e. The average molecular weight is 150 g/mol. The lowest BCUT2D eigenvalue weighted by molar-refractivity contribution is -0.136. The molecule has 0 fully saturated rings. The summed E-state index contributed by atoms with van der Waals surface area (Å²) in [7, 11) is 0. The molecule has 0 aliphatic rings. The molecule has 3 N–H and O–H groups in total. The van der Waals surface area contributed by atoms with Crippen LogP contribution in [-0.2, 0) is 11.2 Å². The maximum Gasteiger partial charge on any atom is 0.307 e. The standard InChI is InChI=1S/C8H8NO2/c9-7-4-2-1-3-6(7)5-8(10)11/h1,3-4H,5,9H2,(H,10,11). The molecule has 3 nitrogen and oxygen atoms in total. The third-order valence-corrected chi connectivity index (χ3v) is 1.33. The summed E-state index contributed by atoms with van der Waals surface area (Å²) >= 11 is 0. The van der Waals surface area contributed by atoms with Crippen LogP contribution in [0.15, 0.2) is 18.2 Å². The first-order valence-corrected chi connectivity index (χ1v) is 3.16. The number of anilines is 1. The summed E-state index contributed by atoms with van der Waals surface area (Å²) in [6.07, 6.45) is -0.0273. The van der Waals surface area contributed by atoms with Gasteiger partial charge in [-0.1, -0.05) is 12.1 Å². The molecule has 0 aliphatic heterocycles. The number of nitrogen functional groups attached to an aromatic ring is 1. The maximum atomic E-state index is 10.3. The molecule has 1 aromatic carbocycles. The second-order valence-corrected chi connectivity index (χ2v) is 2.20. The van der Waals surface area contributed by atoms with E-state index in [2.05, 4.69) is 6.07 Å². The van der Waals surface area contributed by atoms with Crippen molar-refractivity contribution in [3.8, 4) is 0 Å².